The third-order valence-electron chi connectivity index (χ3n) is 3.89. The second-order valence-corrected chi connectivity index (χ2v) is 7.04. The summed E-state index contributed by atoms with van der Waals surface area (Å²) in [5, 5.41) is 15.7. The molecular formula is C15H25N3O2S. The first-order chi connectivity index (χ1) is 10.0. The van der Waals surface area contributed by atoms with Crippen LogP contribution in [0.5, 0.6) is 0 Å². The van der Waals surface area contributed by atoms with E-state index < -0.39 is 6.10 Å². The molecule has 2 heterocycles. The number of carbonyl (C=O) groups excluding carboxylic acids is 1. The van der Waals surface area contributed by atoms with Crippen LogP contribution < -0.4 is 5.32 Å². The minimum absolute atomic E-state index is 0.0772. The van der Waals surface area contributed by atoms with Crippen LogP contribution in [0.4, 0.5) is 0 Å². The molecule has 1 aromatic heterocycles. The Morgan fingerprint density at radius 2 is 2.29 bits per heavy atom. The number of piperidine rings is 1. The van der Waals surface area contributed by atoms with Crippen molar-refractivity contribution in [3.8, 4) is 0 Å². The molecule has 1 aliphatic heterocycles. The number of aliphatic hydroxyl groups is 1. The Bertz CT molecular complexity index is 456. The second kappa shape index (κ2) is 7.87. The summed E-state index contributed by atoms with van der Waals surface area (Å²) < 4.78 is 0. The van der Waals surface area contributed by atoms with Gasteiger partial charge in [-0.25, -0.2) is 4.98 Å². The van der Waals surface area contributed by atoms with Crippen LogP contribution in [0.1, 0.15) is 30.5 Å². The minimum Gasteiger partial charge on any atom is -0.390 e. The summed E-state index contributed by atoms with van der Waals surface area (Å²) >= 11 is 1.55. The zero-order valence-corrected chi connectivity index (χ0v) is 13.7. The number of aliphatic hydroxyl groups excluding tert-OH is 1. The zero-order valence-electron chi connectivity index (χ0n) is 12.8. The van der Waals surface area contributed by atoms with Crippen LogP contribution in [0.15, 0.2) is 5.38 Å². The molecule has 1 unspecified atom stereocenters. The summed E-state index contributed by atoms with van der Waals surface area (Å²) in [4.78, 5) is 18.3. The molecule has 118 valence electrons. The number of hydrogen-bond donors (Lipinski definition) is 2. The molecule has 6 heteroatoms. The topological polar surface area (TPSA) is 65.5 Å². The Morgan fingerprint density at radius 1 is 1.57 bits per heavy atom. The minimum atomic E-state index is -0.500. The highest BCUT2D eigenvalue weighted by molar-refractivity contribution is 7.09. The van der Waals surface area contributed by atoms with E-state index in [0.29, 0.717) is 13.1 Å². The number of thiazole rings is 1. The van der Waals surface area contributed by atoms with Gasteiger partial charge in [-0.15, -0.1) is 11.3 Å². The zero-order chi connectivity index (χ0) is 15.2. The quantitative estimate of drug-likeness (QED) is 0.828. The average Bonchev–Trinajstić information content (AvgIpc) is 2.84. The van der Waals surface area contributed by atoms with E-state index in [2.05, 4.69) is 22.1 Å². The Kier molecular flexibility index (Phi) is 6.14. The number of hydrogen-bond acceptors (Lipinski definition) is 5. The molecule has 2 N–H and O–H groups in total. The summed E-state index contributed by atoms with van der Waals surface area (Å²) in [5.41, 5.74) is 0.800. The molecule has 0 aromatic carbocycles. The fourth-order valence-electron chi connectivity index (χ4n) is 2.56. The lowest BCUT2D eigenvalue weighted by molar-refractivity contribution is -0.121. The van der Waals surface area contributed by atoms with Gasteiger partial charge in [0.25, 0.3) is 0 Å². The second-order valence-electron chi connectivity index (χ2n) is 5.98. The Hall–Kier alpha value is -0.980. The van der Waals surface area contributed by atoms with Gasteiger partial charge in [0.05, 0.1) is 23.2 Å². The summed E-state index contributed by atoms with van der Waals surface area (Å²) in [6.07, 6.45) is 2.18. The molecular weight excluding hydrogens is 286 g/mol. The highest BCUT2D eigenvalue weighted by atomic mass is 32.1. The number of rotatable bonds is 6. The molecule has 0 radical (unpaired) electrons. The largest absolute Gasteiger partial charge is 0.390 e. The summed E-state index contributed by atoms with van der Waals surface area (Å²) in [7, 11) is 0. The van der Waals surface area contributed by atoms with Gasteiger partial charge in [0.1, 0.15) is 0 Å². The highest BCUT2D eigenvalue weighted by Gasteiger charge is 2.18. The van der Waals surface area contributed by atoms with Gasteiger partial charge in [0.2, 0.25) is 5.91 Å². The van der Waals surface area contributed by atoms with E-state index in [0.717, 1.165) is 29.7 Å². The van der Waals surface area contributed by atoms with E-state index in [1.165, 1.54) is 12.8 Å². The van der Waals surface area contributed by atoms with Crippen molar-refractivity contribution in [3.63, 3.8) is 0 Å². The van der Waals surface area contributed by atoms with Gasteiger partial charge in [0.15, 0.2) is 0 Å². The van der Waals surface area contributed by atoms with E-state index in [4.69, 9.17) is 0 Å². The van der Waals surface area contributed by atoms with E-state index >= 15 is 0 Å². The molecule has 1 amide bonds. The van der Waals surface area contributed by atoms with Crippen LogP contribution in [-0.4, -0.2) is 53.2 Å². The lowest BCUT2D eigenvalue weighted by Crippen LogP contribution is -2.43. The van der Waals surface area contributed by atoms with Crippen molar-refractivity contribution in [3.05, 3.63) is 16.1 Å². The molecule has 2 rings (SSSR count). The maximum absolute atomic E-state index is 11.8. The van der Waals surface area contributed by atoms with Crippen LogP contribution >= 0.6 is 11.3 Å². The van der Waals surface area contributed by atoms with E-state index in [9.17, 15) is 9.90 Å². The van der Waals surface area contributed by atoms with E-state index in [-0.39, 0.29) is 12.3 Å². The van der Waals surface area contributed by atoms with Crippen molar-refractivity contribution >= 4 is 17.2 Å². The number of aryl methyl sites for hydroxylation is 1. The number of nitrogens with one attached hydrogen (secondary N) is 1. The predicted molar refractivity (Wildman–Crippen MR) is 84.4 cm³/mol. The van der Waals surface area contributed by atoms with Gasteiger partial charge in [-0.1, -0.05) is 6.92 Å². The maximum atomic E-state index is 11.8. The van der Waals surface area contributed by atoms with Crippen LogP contribution in [0.25, 0.3) is 0 Å². The fraction of sp³-hybridized carbons (Fsp3) is 0.733. The molecule has 1 aliphatic rings. The normalized spacial score (nSPS) is 18.6. The molecule has 1 atom stereocenters. The molecule has 0 saturated carbocycles. The molecule has 0 spiro atoms. The van der Waals surface area contributed by atoms with Crippen LogP contribution in [-0.2, 0) is 11.2 Å². The highest BCUT2D eigenvalue weighted by Crippen LogP contribution is 2.15. The van der Waals surface area contributed by atoms with Gasteiger partial charge in [0, 0.05) is 18.5 Å². The average molecular weight is 311 g/mol. The standard InChI is InChI=1S/C15H25N3O2S/c1-11-3-5-18(6-4-11)9-14(19)8-16-15(20)7-13-10-21-12(2)17-13/h10-11,14,19H,3-9H2,1-2H3,(H,16,20). The maximum Gasteiger partial charge on any atom is 0.226 e. The first-order valence-corrected chi connectivity index (χ1v) is 8.49. The Morgan fingerprint density at radius 3 is 2.90 bits per heavy atom. The molecule has 1 fully saturated rings. The number of nitrogens with zero attached hydrogens (tertiary/aromatic N) is 2. The van der Waals surface area contributed by atoms with E-state index in [1.807, 2.05) is 12.3 Å². The number of amides is 1. The number of β-amino-alcohol motifs (C(OH)–C–C–N with tert-alkyl or cyclic N) is 1. The van der Waals surface area contributed by atoms with Crippen LogP contribution in [0.3, 0.4) is 0 Å². The Labute approximate surface area is 130 Å². The monoisotopic (exact) mass is 311 g/mol. The first kappa shape index (κ1) is 16.4. The molecule has 21 heavy (non-hydrogen) atoms. The smallest absolute Gasteiger partial charge is 0.226 e. The first-order valence-electron chi connectivity index (χ1n) is 7.61. The molecule has 0 bridgehead atoms. The summed E-state index contributed by atoms with van der Waals surface area (Å²) in [5.74, 6) is 0.714. The van der Waals surface area contributed by atoms with Crippen LogP contribution in [0, 0.1) is 12.8 Å². The van der Waals surface area contributed by atoms with Crippen molar-refractivity contribution in [2.75, 3.05) is 26.2 Å². The summed E-state index contributed by atoms with van der Waals surface area (Å²) in [6.45, 7) is 7.24. The van der Waals surface area contributed by atoms with Gasteiger partial charge < -0.3 is 15.3 Å². The molecule has 0 aliphatic carbocycles. The SMILES string of the molecule is Cc1nc(CC(=O)NCC(O)CN2CCC(C)CC2)cs1. The van der Waals surface area contributed by atoms with Gasteiger partial charge >= 0.3 is 0 Å². The van der Waals surface area contributed by atoms with Crippen molar-refractivity contribution in [2.24, 2.45) is 5.92 Å². The van der Waals surface area contributed by atoms with Crippen LogP contribution in [0.2, 0.25) is 0 Å². The Balaban J connectivity index is 1.64. The van der Waals surface area contributed by atoms with Crippen molar-refractivity contribution in [2.45, 2.75) is 39.2 Å². The predicted octanol–water partition coefficient (Wildman–Crippen LogP) is 1.20. The molecule has 1 saturated heterocycles. The summed E-state index contributed by atoms with van der Waals surface area (Å²) in [6, 6.07) is 0. The van der Waals surface area contributed by atoms with Crippen molar-refractivity contribution < 1.29 is 9.90 Å². The lowest BCUT2D eigenvalue weighted by Gasteiger charge is -2.31. The van der Waals surface area contributed by atoms with Gasteiger partial charge in [-0.05, 0) is 38.8 Å². The third-order valence-corrected chi connectivity index (χ3v) is 4.71. The molecule has 5 nitrogen and oxygen atoms in total. The van der Waals surface area contributed by atoms with E-state index in [1.54, 1.807) is 11.3 Å². The van der Waals surface area contributed by atoms with Crippen molar-refractivity contribution in [1.82, 2.24) is 15.2 Å². The molecule has 1 aromatic rings. The lowest BCUT2D eigenvalue weighted by atomic mass is 9.99. The number of carbonyl (C=O) groups is 1. The number of aromatic nitrogens is 1. The number of likely N-dealkylation sites (tertiary alicyclic amines) is 1. The third kappa shape index (κ3) is 5.73. The van der Waals surface area contributed by atoms with Crippen molar-refractivity contribution in [1.29, 1.82) is 0 Å². The van der Waals surface area contributed by atoms with Gasteiger partial charge in [-0.2, -0.15) is 0 Å². The fourth-order valence-corrected chi connectivity index (χ4v) is 3.17. The van der Waals surface area contributed by atoms with Gasteiger partial charge in [-0.3, -0.25) is 4.79 Å².